The van der Waals surface area contributed by atoms with E-state index in [-0.39, 0.29) is 24.5 Å². The molecule has 0 radical (unpaired) electrons. The lowest BCUT2D eigenvalue weighted by Gasteiger charge is -2.16. The first kappa shape index (κ1) is 16.0. The quantitative estimate of drug-likeness (QED) is 0.805. The van der Waals surface area contributed by atoms with Crippen LogP contribution in [0.3, 0.4) is 0 Å². The van der Waals surface area contributed by atoms with Gasteiger partial charge in [-0.05, 0) is 36.6 Å². The molecule has 1 aromatic carbocycles. The third-order valence-corrected chi connectivity index (χ3v) is 3.50. The number of hydrogen-bond acceptors (Lipinski definition) is 3. The highest BCUT2D eigenvalue weighted by molar-refractivity contribution is 9.10. The van der Waals surface area contributed by atoms with E-state index in [9.17, 15) is 4.79 Å². The maximum Gasteiger partial charge on any atom is 0.223 e. The number of benzene rings is 1. The van der Waals surface area contributed by atoms with Crippen molar-refractivity contribution in [3.05, 3.63) is 28.2 Å². The minimum Gasteiger partial charge on any atom is -0.492 e. The Morgan fingerprint density at radius 2 is 2.16 bits per heavy atom. The summed E-state index contributed by atoms with van der Waals surface area (Å²) >= 11 is 3.44. The van der Waals surface area contributed by atoms with Gasteiger partial charge in [0.15, 0.2) is 0 Å². The summed E-state index contributed by atoms with van der Waals surface area (Å²) in [6.45, 7) is 4.09. The minimum absolute atomic E-state index is 0.102. The van der Waals surface area contributed by atoms with Crippen molar-refractivity contribution < 1.29 is 9.53 Å². The predicted molar refractivity (Wildman–Crippen MR) is 80.0 cm³/mol. The number of amides is 1. The first-order chi connectivity index (χ1) is 8.93. The van der Waals surface area contributed by atoms with Crippen molar-refractivity contribution in [2.24, 2.45) is 17.4 Å². The second-order valence-electron chi connectivity index (χ2n) is 4.74. The van der Waals surface area contributed by atoms with Crippen LogP contribution < -0.4 is 16.2 Å². The topological polar surface area (TPSA) is 78.3 Å². The molecule has 1 amide bonds. The van der Waals surface area contributed by atoms with Gasteiger partial charge in [-0.1, -0.05) is 29.8 Å². The summed E-state index contributed by atoms with van der Waals surface area (Å²) in [5.41, 5.74) is 12.2. The number of hydrogen-bond donors (Lipinski definition) is 2. The van der Waals surface area contributed by atoms with Crippen molar-refractivity contribution >= 4 is 21.8 Å². The molecule has 0 heterocycles. The van der Waals surface area contributed by atoms with Crippen LogP contribution in [0.2, 0.25) is 0 Å². The van der Waals surface area contributed by atoms with Gasteiger partial charge in [-0.3, -0.25) is 4.79 Å². The third-order valence-electron chi connectivity index (χ3n) is 3.00. The molecule has 0 aliphatic carbocycles. The fourth-order valence-electron chi connectivity index (χ4n) is 1.57. The number of nitrogens with two attached hydrogens (primary N) is 2. The molecule has 5 heteroatoms. The molecule has 0 bridgehead atoms. The van der Waals surface area contributed by atoms with Gasteiger partial charge >= 0.3 is 0 Å². The minimum atomic E-state index is -0.357. The molecule has 0 saturated heterocycles. The molecule has 1 aromatic rings. The van der Waals surface area contributed by atoms with E-state index in [0.717, 1.165) is 28.6 Å². The van der Waals surface area contributed by atoms with Crippen molar-refractivity contribution in [2.45, 2.75) is 32.7 Å². The number of ether oxygens (including phenoxy) is 1. The van der Waals surface area contributed by atoms with Crippen molar-refractivity contribution in [3.63, 3.8) is 0 Å². The third kappa shape index (κ3) is 5.20. The molecule has 2 unspecified atom stereocenters. The first-order valence-corrected chi connectivity index (χ1v) is 7.19. The zero-order chi connectivity index (χ0) is 14.4. The molecule has 1 rings (SSSR count). The first-order valence-electron chi connectivity index (χ1n) is 6.40. The molecular formula is C14H21BrN2O2. The smallest absolute Gasteiger partial charge is 0.223 e. The molecule has 106 valence electrons. The number of rotatable bonds is 7. The average Bonchev–Trinajstić information content (AvgIpc) is 2.37. The van der Waals surface area contributed by atoms with E-state index in [4.69, 9.17) is 16.2 Å². The van der Waals surface area contributed by atoms with Gasteiger partial charge in [-0.15, -0.1) is 0 Å². The van der Waals surface area contributed by atoms with Crippen LogP contribution in [0, 0.1) is 5.92 Å². The van der Waals surface area contributed by atoms with Crippen molar-refractivity contribution in [1.82, 2.24) is 0 Å². The lowest BCUT2D eigenvalue weighted by molar-refractivity contribution is -0.122. The van der Waals surface area contributed by atoms with Crippen LogP contribution in [0.25, 0.3) is 0 Å². The van der Waals surface area contributed by atoms with Crippen molar-refractivity contribution in [1.29, 1.82) is 0 Å². The lowest BCUT2D eigenvalue weighted by Crippen LogP contribution is -2.26. The monoisotopic (exact) mass is 328 g/mol. The van der Waals surface area contributed by atoms with Gasteiger partial charge in [0.25, 0.3) is 0 Å². The van der Waals surface area contributed by atoms with Gasteiger partial charge < -0.3 is 16.2 Å². The van der Waals surface area contributed by atoms with E-state index in [2.05, 4.69) is 22.9 Å². The van der Waals surface area contributed by atoms with Crippen molar-refractivity contribution in [3.8, 4) is 5.75 Å². The highest BCUT2D eigenvalue weighted by atomic mass is 79.9. The molecule has 0 spiro atoms. The van der Waals surface area contributed by atoms with E-state index in [1.54, 1.807) is 6.92 Å². The SMILES string of the molecule is CCC(N)Cc1cc(Br)ccc1OCC(C)C(N)=O. The second kappa shape index (κ2) is 7.50. The largest absolute Gasteiger partial charge is 0.492 e. The Morgan fingerprint density at radius 3 is 2.74 bits per heavy atom. The van der Waals surface area contributed by atoms with E-state index >= 15 is 0 Å². The zero-order valence-electron chi connectivity index (χ0n) is 11.4. The highest BCUT2D eigenvalue weighted by Crippen LogP contribution is 2.25. The van der Waals surface area contributed by atoms with Gasteiger partial charge in [-0.25, -0.2) is 0 Å². The van der Waals surface area contributed by atoms with Crippen LogP contribution in [-0.4, -0.2) is 18.6 Å². The second-order valence-corrected chi connectivity index (χ2v) is 5.65. The van der Waals surface area contributed by atoms with Gasteiger partial charge in [0.1, 0.15) is 5.75 Å². The summed E-state index contributed by atoms with van der Waals surface area (Å²) in [4.78, 5) is 11.0. The summed E-state index contributed by atoms with van der Waals surface area (Å²) in [5, 5.41) is 0. The number of halogens is 1. The van der Waals surface area contributed by atoms with E-state index in [1.807, 2.05) is 18.2 Å². The van der Waals surface area contributed by atoms with Crippen LogP contribution in [0.15, 0.2) is 22.7 Å². The Bertz CT molecular complexity index is 437. The summed E-state index contributed by atoms with van der Waals surface area (Å²) in [7, 11) is 0. The zero-order valence-corrected chi connectivity index (χ0v) is 12.9. The van der Waals surface area contributed by atoms with Gasteiger partial charge in [0, 0.05) is 10.5 Å². The van der Waals surface area contributed by atoms with E-state index in [0.29, 0.717) is 0 Å². The van der Waals surface area contributed by atoms with Gasteiger partial charge in [0.05, 0.1) is 12.5 Å². The highest BCUT2D eigenvalue weighted by Gasteiger charge is 2.13. The number of primary amides is 1. The molecule has 0 aliphatic heterocycles. The molecular weight excluding hydrogens is 308 g/mol. The van der Waals surface area contributed by atoms with Crippen LogP contribution in [-0.2, 0) is 11.2 Å². The fourth-order valence-corrected chi connectivity index (χ4v) is 1.98. The standard InChI is InChI=1S/C14H21BrN2O2/c1-3-12(16)7-10-6-11(15)4-5-13(10)19-8-9(2)14(17)18/h4-6,9,12H,3,7-8,16H2,1-2H3,(H2,17,18). The summed E-state index contributed by atoms with van der Waals surface area (Å²) in [6, 6.07) is 5.89. The predicted octanol–water partition coefficient (Wildman–Crippen LogP) is 2.23. The molecule has 19 heavy (non-hydrogen) atoms. The molecule has 2 atom stereocenters. The Kier molecular flexibility index (Phi) is 6.31. The molecule has 0 saturated carbocycles. The van der Waals surface area contributed by atoms with Gasteiger partial charge in [-0.2, -0.15) is 0 Å². The normalized spacial score (nSPS) is 13.9. The van der Waals surface area contributed by atoms with Crippen LogP contribution in [0.4, 0.5) is 0 Å². The maximum absolute atomic E-state index is 11.0. The summed E-state index contributed by atoms with van der Waals surface area (Å²) < 4.78 is 6.67. The van der Waals surface area contributed by atoms with Crippen LogP contribution in [0.5, 0.6) is 5.75 Å². The Labute approximate surface area is 122 Å². The van der Waals surface area contributed by atoms with Crippen LogP contribution in [0.1, 0.15) is 25.8 Å². The summed E-state index contributed by atoms with van der Waals surface area (Å²) in [6.07, 6.45) is 1.65. The van der Waals surface area contributed by atoms with Gasteiger partial charge in [0.2, 0.25) is 5.91 Å². The molecule has 4 N–H and O–H groups in total. The molecule has 4 nitrogen and oxygen atoms in total. The average molecular weight is 329 g/mol. The van der Waals surface area contributed by atoms with E-state index < -0.39 is 0 Å². The molecule has 0 fully saturated rings. The van der Waals surface area contributed by atoms with Crippen molar-refractivity contribution in [2.75, 3.05) is 6.61 Å². The molecule has 0 aromatic heterocycles. The number of carbonyl (C=O) groups is 1. The number of carbonyl (C=O) groups excluding carboxylic acids is 1. The Morgan fingerprint density at radius 1 is 1.47 bits per heavy atom. The van der Waals surface area contributed by atoms with E-state index in [1.165, 1.54) is 0 Å². The maximum atomic E-state index is 11.0. The molecule has 0 aliphatic rings. The Balaban J connectivity index is 2.78. The summed E-state index contributed by atoms with van der Waals surface area (Å²) in [5.74, 6) is 0.0977. The van der Waals surface area contributed by atoms with Crippen LogP contribution >= 0.6 is 15.9 Å². The fraction of sp³-hybridized carbons (Fsp3) is 0.500. The Hall–Kier alpha value is -1.07. The lowest BCUT2D eigenvalue weighted by atomic mass is 10.0.